The van der Waals surface area contributed by atoms with E-state index in [4.69, 9.17) is 5.73 Å². The van der Waals surface area contributed by atoms with Gasteiger partial charge in [0.05, 0.1) is 0 Å². The minimum absolute atomic E-state index is 0.463. The van der Waals surface area contributed by atoms with Gasteiger partial charge in [0, 0.05) is 19.0 Å². The Morgan fingerprint density at radius 2 is 2.00 bits per heavy atom. The molecule has 1 saturated carbocycles. The van der Waals surface area contributed by atoms with E-state index in [-0.39, 0.29) is 0 Å². The summed E-state index contributed by atoms with van der Waals surface area (Å²) < 4.78 is 0. The third-order valence-electron chi connectivity index (χ3n) is 4.32. The molecule has 4 heteroatoms. The van der Waals surface area contributed by atoms with Gasteiger partial charge in [-0.15, -0.1) is 0 Å². The van der Waals surface area contributed by atoms with Crippen molar-refractivity contribution < 1.29 is 0 Å². The van der Waals surface area contributed by atoms with Crippen molar-refractivity contribution in [3.8, 4) is 0 Å². The average molecular weight is 262 g/mol. The fourth-order valence-corrected chi connectivity index (χ4v) is 3.00. The van der Waals surface area contributed by atoms with Gasteiger partial charge in [-0.3, -0.25) is 0 Å². The molecule has 1 fully saturated rings. The molecule has 1 aliphatic carbocycles. The smallest absolute Gasteiger partial charge is 0.133 e. The maximum Gasteiger partial charge on any atom is 0.133 e. The van der Waals surface area contributed by atoms with E-state index in [0.29, 0.717) is 11.2 Å². The van der Waals surface area contributed by atoms with E-state index in [1.54, 1.807) is 0 Å². The van der Waals surface area contributed by atoms with Gasteiger partial charge in [-0.2, -0.15) is 0 Å². The van der Waals surface area contributed by atoms with Crippen LogP contribution in [0.15, 0.2) is 6.07 Å². The van der Waals surface area contributed by atoms with Gasteiger partial charge in [0.15, 0.2) is 0 Å². The molecule has 2 rings (SSSR count). The Balaban J connectivity index is 2.02. The molecule has 0 aliphatic heterocycles. The van der Waals surface area contributed by atoms with E-state index in [2.05, 4.69) is 29.1 Å². The summed E-state index contributed by atoms with van der Waals surface area (Å²) in [6.07, 6.45) is 8.56. The van der Waals surface area contributed by atoms with Crippen molar-refractivity contribution in [1.82, 2.24) is 9.97 Å². The fraction of sp³-hybridized carbons (Fsp3) is 0.733. The predicted molar refractivity (Wildman–Crippen MR) is 80.1 cm³/mol. The lowest BCUT2D eigenvalue weighted by Gasteiger charge is -2.28. The molecule has 1 aromatic rings. The number of anilines is 2. The monoisotopic (exact) mass is 262 g/mol. The lowest BCUT2D eigenvalue weighted by molar-refractivity contribution is 0.306. The quantitative estimate of drug-likeness (QED) is 0.824. The standard InChI is InChI=1S/C15H26N4/c1-3-7-13-18-12(16)10-14(19-13)17-11-15(4-2)8-5-6-9-15/h10H,3-9,11H2,1-2H3,(H3,16,17,18,19). The van der Waals surface area contributed by atoms with Crippen LogP contribution in [0.3, 0.4) is 0 Å². The topological polar surface area (TPSA) is 63.8 Å². The number of aromatic nitrogens is 2. The molecule has 0 radical (unpaired) electrons. The second-order valence-electron chi connectivity index (χ2n) is 5.76. The van der Waals surface area contributed by atoms with Crippen molar-refractivity contribution in [2.45, 2.75) is 58.8 Å². The highest BCUT2D eigenvalue weighted by atomic mass is 15.1. The molecule has 1 aliphatic rings. The van der Waals surface area contributed by atoms with Crippen LogP contribution in [-0.2, 0) is 6.42 Å². The lowest BCUT2D eigenvalue weighted by Crippen LogP contribution is -2.26. The van der Waals surface area contributed by atoms with Gasteiger partial charge in [-0.25, -0.2) is 9.97 Å². The highest BCUT2D eigenvalue weighted by Crippen LogP contribution is 2.40. The zero-order valence-electron chi connectivity index (χ0n) is 12.2. The molecule has 0 saturated heterocycles. The molecule has 0 atom stereocenters. The summed E-state index contributed by atoms with van der Waals surface area (Å²) in [5.41, 5.74) is 6.31. The summed E-state index contributed by atoms with van der Waals surface area (Å²) in [6.45, 7) is 5.43. The average Bonchev–Trinajstić information content (AvgIpc) is 2.86. The molecule has 0 aromatic carbocycles. The lowest BCUT2D eigenvalue weighted by atomic mass is 9.83. The van der Waals surface area contributed by atoms with Crippen LogP contribution >= 0.6 is 0 Å². The van der Waals surface area contributed by atoms with Crippen molar-refractivity contribution in [2.75, 3.05) is 17.6 Å². The summed E-state index contributed by atoms with van der Waals surface area (Å²) in [5.74, 6) is 2.30. The Bertz CT molecular complexity index is 411. The van der Waals surface area contributed by atoms with Crippen LogP contribution in [-0.4, -0.2) is 16.5 Å². The number of rotatable bonds is 6. The van der Waals surface area contributed by atoms with Gasteiger partial charge in [0.25, 0.3) is 0 Å². The Kier molecular flexibility index (Phi) is 4.61. The van der Waals surface area contributed by atoms with Gasteiger partial charge in [0.2, 0.25) is 0 Å². The van der Waals surface area contributed by atoms with Gasteiger partial charge in [-0.05, 0) is 31.1 Å². The molecule has 106 valence electrons. The normalized spacial score (nSPS) is 17.6. The summed E-state index contributed by atoms with van der Waals surface area (Å²) >= 11 is 0. The zero-order valence-corrected chi connectivity index (χ0v) is 12.2. The number of hydrogen-bond acceptors (Lipinski definition) is 4. The number of hydrogen-bond donors (Lipinski definition) is 2. The van der Waals surface area contributed by atoms with Crippen molar-refractivity contribution in [3.05, 3.63) is 11.9 Å². The van der Waals surface area contributed by atoms with Crippen molar-refractivity contribution in [3.63, 3.8) is 0 Å². The van der Waals surface area contributed by atoms with Crippen LogP contribution in [0.2, 0.25) is 0 Å². The number of nitrogens with zero attached hydrogens (tertiary/aromatic N) is 2. The molecular formula is C15H26N4. The Morgan fingerprint density at radius 1 is 1.26 bits per heavy atom. The second-order valence-corrected chi connectivity index (χ2v) is 5.76. The summed E-state index contributed by atoms with van der Waals surface area (Å²) in [7, 11) is 0. The molecule has 0 unspecified atom stereocenters. The van der Waals surface area contributed by atoms with E-state index in [9.17, 15) is 0 Å². The van der Waals surface area contributed by atoms with Crippen LogP contribution in [0, 0.1) is 5.41 Å². The second kappa shape index (κ2) is 6.22. The molecule has 0 bridgehead atoms. The Labute approximate surface area is 116 Å². The number of nitrogens with one attached hydrogen (secondary N) is 1. The number of aryl methyl sites for hydroxylation is 1. The minimum atomic E-state index is 0.463. The van der Waals surface area contributed by atoms with Gasteiger partial charge in [0.1, 0.15) is 17.5 Å². The maximum absolute atomic E-state index is 5.85. The van der Waals surface area contributed by atoms with Crippen molar-refractivity contribution in [2.24, 2.45) is 5.41 Å². The first-order valence-corrected chi connectivity index (χ1v) is 7.55. The largest absolute Gasteiger partial charge is 0.384 e. The van der Waals surface area contributed by atoms with Crippen LogP contribution in [0.4, 0.5) is 11.6 Å². The number of nitrogen functional groups attached to an aromatic ring is 1. The third-order valence-corrected chi connectivity index (χ3v) is 4.32. The molecule has 1 aromatic heterocycles. The summed E-state index contributed by atoms with van der Waals surface area (Å²) in [4.78, 5) is 8.81. The molecular weight excluding hydrogens is 236 g/mol. The van der Waals surface area contributed by atoms with Crippen LogP contribution in [0.5, 0.6) is 0 Å². The van der Waals surface area contributed by atoms with E-state index < -0.39 is 0 Å². The van der Waals surface area contributed by atoms with Crippen LogP contribution in [0.1, 0.15) is 58.2 Å². The summed E-state index contributed by atoms with van der Waals surface area (Å²) in [6, 6.07) is 1.84. The van der Waals surface area contributed by atoms with E-state index in [1.165, 1.54) is 32.1 Å². The van der Waals surface area contributed by atoms with E-state index in [0.717, 1.165) is 31.0 Å². The third kappa shape index (κ3) is 3.58. The Morgan fingerprint density at radius 3 is 2.63 bits per heavy atom. The maximum atomic E-state index is 5.85. The minimum Gasteiger partial charge on any atom is -0.384 e. The highest BCUT2D eigenvalue weighted by Gasteiger charge is 2.31. The van der Waals surface area contributed by atoms with Gasteiger partial charge < -0.3 is 11.1 Å². The van der Waals surface area contributed by atoms with E-state index in [1.807, 2.05) is 6.07 Å². The molecule has 3 N–H and O–H groups in total. The molecule has 0 amide bonds. The SMILES string of the molecule is CCCc1nc(N)cc(NCC2(CC)CCCC2)n1. The molecule has 0 spiro atoms. The van der Waals surface area contributed by atoms with Gasteiger partial charge >= 0.3 is 0 Å². The Hall–Kier alpha value is -1.32. The summed E-state index contributed by atoms with van der Waals surface area (Å²) in [5, 5.41) is 3.49. The first-order chi connectivity index (χ1) is 9.17. The van der Waals surface area contributed by atoms with Crippen LogP contribution in [0.25, 0.3) is 0 Å². The molecule has 19 heavy (non-hydrogen) atoms. The fourth-order valence-electron chi connectivity index (χ4n) is 3.00. The van der Waals surface area contributed by atoms with Crippen LogP contribution < -0.4 is 11.1 Å². The number of nitrogens with two attached hydrogens (primary N) is 1. The zero-order chi connectivity index (χ0) is 13.7. The molecule has 1 heterocycles. The van der Waals surface area contributed by atoms with Crippen molar-refractivity contribution in [1.29, 1.82) is 0 Å². The van der Waals surface area contributed by atoms with Gasteiger partial charge in [-0.1, -0.05) is 26.7 Å². The molecule has 4 nitrogen and oxygen atoms in total. The van der Waals surface area contributed by atoms with Crippen molar-refractivity contribution >= 4 is 11.6 Å². The first-order valence-electron chi connectivity index (χ1n) is 7.55. The predicted octanol–water partition coefficient (Wildman–Crippen LogP) is 3.39. The van der Waals surface area contributed by atoms with E-state index >= 15 is 0 Å². The highest BCUT2D eigenvalue weighted by molar-refractivity contribution is 5.44. The first kappa shape index (κ1) is 14.1.